The lowest BCUT2D eigenvalue weighted by atomic mass is 10.2. The third-order valence-electron chi connectivity index (χ3n) is 5.47. The van der Waals surface area contributed by atoms with E-state index in [2.05, 4.69) is 14.7 Å². The number of benzene rings is 2. The summed E-state index contributed by atoms with van der Waals surface area (Å²) in [6, 6.07) is 15.2. The van der Waals surface area contributed by atoms with E-state index < -0.39 is 10.0 Å². The molecule has 0 saturated heterocycles. The molecule has 8 nitrogen and oxygen atoms in total. The number of nitrogens with zero attached hydrogens (tertiary/aromatic N) is 3. The molecule has 37 heavy (non-hydrogen) atoms. The fourth-order valence-electron chi connectivity index (χ4n) is 3.47. The largest absolute Gasteiger partial charge is 0.491 e. The molecule has 0 saturated carbocycles. The van der Waals surface area contributed by atoms with Gasteiger partial charge in [-0.15, -0.1) is 0 Å². The van der Waals surface area contributed by atoms with Crippen molar-refractivity contribution in [3.8, 4) is 11.5 Å². The molecule has 0 bridgehead atoms. The van der Waals surface area contributed by atoms with E-state index in [-0.39, 0.29) is 23.1 Å². The number of hydrogen-bond donors (Lipinski definition) is 1. The first-order valence-corrected chi connectivity index (χ1v) is 13.6. The zero-order valence-corrected chi connectivity index (χ0v) is 22.9. The minimum Gasteiger partial charge on any atom is -0.491 e. The number of hydrogen-bond acceptors (Lipinski definition) is 7. The first kappa shape index (κ1) is 26.9. The molecule has 0 aliphatic rings. The number of aromatic nitrogens is 2. The van der Waals surface area contributed by atoms with Crippen LogP contribution in [0.3, 0.4) is 0 Å². The molecule has 0 aliphatic heterocycles. The highest BCUT2D eigenvalue weighted by Gasteiger charge is 2.22. The maximum Gasteiger partial charge on any atom is 0.263 e. The van der Waals surface area contributed by atoms with Crippen LogP contribution in [0.2, 0.25) is 10.0 Å². The van der Waals surface area contributed by atoms with E-state index in [9.17, 15) is 8.42 Å². The molecule has 2 aromatic heterocycles. The Morgan fingerprint density at radius 2 is 1.76 bits per heavy atom. The highest BCUT2D eigenvalue weighted by molar-refractivity contribution is 7.92. The van der Waals surface area contributed by atoms with Crippen molar-refractivity contribution >= 4 is 50.1 Å². The zero-order chi connectivity index (χ0) is 26.6. The Bertz CT molecular complexity index is 1530. The summed E-state index contributed by atoms with van der Waals surface area (Å²) in [5.41, 5.74) is 2.29. The molecule has 0 radical (unpaired) electrons. The summed E-state index contributed by atoms with van der Waals surface area (Å²) >= 11 is 12.4. The van der Waals surface area contributed by atoms with Gasteiger partial charge in [-0.3, -0.25) is 9.71 Å². The maximum atomic E-state index is 13.3. The molecule has 0 atom stereocenters. The van der Waals surface area contributed by atoms with Gasteiger partial charge in [0.05, 0.1) is 21.0 Å². The average molecular weight is 561 g/mol. The first-order chi connectivity index (χ1) is 17.6. The molecule has 0 unspecified atom stereocenters. The van der Waals surface area contributed by atoms with Crippen LogP contribution in [-0.2, 0) is 16.6 Å². The molecule has 4 rings (SSSR count). The van der Waals surface area contributed by atoms with Gasteiger partial charge in [-0.05, 0) is 68.5 Å². The fourth-order valence-corrected chi connectivity index (χ4v) is 5.16. The van der Waals surface area contributed by atoms with Crippen molar-refractivity contribution in [2.75, 3.05) is 32.0 Å². The molecular formula is C26H26Cl2N4O4S. The van der Waals surface area contributed by atoms with E-state index in [4.69, 9.17) is 32.7 Å². The Hall–Kier alpha value is -3.11. The minimum atomic E-state index is -4.01. The topological polar surface area (TPSA) is 93.7 Å². The number of sulfonamides is 1. The molecule has 4 aromatic rings. The van der Waals surface area contributed by atoms with Crippen LogP contribution in [0.5, 0.6) is 11.5 Å². The van der Waals surface area contributed by atoms with Gasteiger partial charge in [0.2, 0.25) is 0 Å². The molecular weight excluding hydrogens is 535 g/mol. The summed E-state index contributed by atoms with van der Waals surface area (Å²) in [6.07, 6.45) is 1.63. The maximum absolute atomic E-state index is 13.3. The van der Waals surface area contributed by atoms with Gasteiger partial charge in [0, 0.05) is 23.8 Å². The number of fused-ring (bicyclic) bond motifs is 1. The van der Waals surface area contributed by atoms with Crippen molar-refractivity contribution in [2.24, 2.45) is 0 Å². The van der Waals surface area contributed by atoms with Gasteiger partial charge in [-0.25, -0.2) is 13.4 Å². The summed E-state index contributed by atoms with van der Waals surface area (Å²) in [7, 11) is -0.0900. The SMILES string of the molecule is Cc1c(Cl)cccc1S(=O)(=O)Nc1nc2cccnc2cc1OCc1ccc(Cl)c(OCCN(C)C)c1. The highest BCUT2D eigenvalue weighted by Crippen LogP contribution is 2.32. The molecule has 0 amide bonds. The number of ether oxygens (including phenoxy) is 2. The molecule has 11 heteroatoms. The van der Waals surface area contributed by atoms with Crippen molar-refractivity contribution in [1.29, 1.82) is 0 Å². The van der Waals surface area contributed by atoms with Crippen LogP contribution < -0.4 is 14.2 Å². The smallest absolute Gasteiger partial charge is 0.263 e. The second kappa shape index (κ2) is 11.5. The Kier molecular flexibility index (Phi) is 8.39. The van der Waals surface area contributed by atoms with Crippen molar-refractivity contribution in [3.63, 3.8) is 0 Å². The standard InChI is InChI=1S/C26H26Cl2N4O4S/c1-17-19(27)6-4-8-25(17)37(33,34)31-26-24(15-22-21(30-26)7-5-11-29-22)36-16-18-9-10-20(28)23(14-18)35-13-12-32(2)3/h4-11,14-15H,12-13,16H2,1-3H3,(H,30,31). The summed E-state index contributed by atoms with van der Waals surface area (Å²) in [5, 5.41) is 0.839. The van der Waals surface area contributed by atoms with Gasteiger partial charge < -0.3 is 14.4 Å². The molecule has 0 fully saturated rings. The van der Waals surface area contributed by atoms with Gasteiger partial charge >= 0.3 is 0 Å². The van der Waals surface area contributed by atoms with Crippen LogP contribution in [0.25, 0.3) is 11.0 Å². The van der Waals surface area contributed by atoms with Crippen LogP contribution in [-0.4, -0.2) is 50.5 Å². The van der Waals surface area contributed by atoms with Gasteiger partial charge in [0.1, 0.15) is 19.0 Å². The average Bonchev–Trinajstić information content (AvgIpc) is 2.85. The predicted molar refractivity (Wildman–Crippen MR) is 146 cm³/mol. The van der Waals surface area contributed by atoms with E-state index in [1.54, 1.807) is 55.6 Å². The molecule has 2 aromatic carbocycles. The normalized spacial score (nSPS) is 11.6. The van der Waals surface area contributed by atoms with Crippen LogP contribution in [0, 0.1) is 6.92 Å². The van der Waals surface area contributed by atoms with E-state index in [1.807, 2.05) is 25.1 Å². The summed E-state index contributed by atoms with van der Waals surface area (Å²) < 4.78 is 40.9. The Morgan fingerprint density at radius 3 is 2.54 bits per heavy atom. The van der Waals surface area contributed by atoms with Crippen LogP contribution in [0.1, 0.15) is 11.1 Å². The van der Waals surface area contributed by atoms with Crippen molar-refractivity contribution in [1.82, 2.24) is 14.9 Å². The van der Waals surface area contributed by atoms with Crippen molar-refractivity contribution in [2.45, 2.75) is 18.4 Å². The number of anilines is 1. The lowest BCUT2D eigenvalue weighted by Gasteiger charge is -2.16. The third-order valence-corrected chi connectivity index (χ3v) is 7.68. The van der Waals surface area contributed by atoms with Crippen LogP contribution >= 0.6 is 23.2 Å². The molecule has 2 heterocycles. The quantitative estimate of drug-likeness (QED) is 0.271. The van der Waals surface area contributed by atoms with Gasteiger partial charge in [0.25, 0.3) is 10.0 Å². The number of nitrogens with one attached hydrogen (secondary N) is 1. The van der Waals surface area contributed by atoms with Gasteiger partial charge in [-0.2, -0.15) is 0 Å². The summed E-state index contributed by atoms with van der Waals surface area (Å²) in [6.45, 7) is 2.98. The number of likely N-dealkylation sites (N-methyl/N-ethyl adjacent to an activating group) is 1. The number of pyridine rings is 2. The molecule has 1 N–H and O–H groups in total. The monoisotopic (exact) mass is 560 g/mol. The second-order valence-corrected chi connectivity index (χ2v) is 11.0. The van der Waals surface area contributed by atoms with E-state index in [1.165, 1.54) is 6.07 Å². The summed E-state index contributed by atoms with van der Waals surface area (Å²) in [4.78, 5) is 10.9. The second-order valence-electron chi connectivity index (χ2n) is 8.55. The van der Waals surface area contributed by atoms with Crippen LogP contribution in [0.15, 0.2) is 65.7 Å². The first-order valence-electron chi connectivity index (χ1n) is 11.4. The molecule has 0 spiro atoms. The fraction of sp³-hybridized carbons (Fsp3) is 0.231. The lowest BCUT2D eigenvalue weighted by Crippen LogP contribution is -2.19. The number of rotatable bonds is 10. The van der Waals surface area contributed by atoms with Crippen molar-refractivity contribution < 1.29 is 17.9 Å². The van der Waals surface area contributed by atoms with Gasteiger partial charge in [0.15, 0.2) is 11.6 Å². The van der Waals surface area contributed by atoms with E-state index in [0.717, 1.165) is 12.1 Å². The summed E-state index contributed by atoms with van der Waals surface area (Å²) in [5.74, 6) is 0.802. The Balaban J connectivity index is 1.62. The third kappa shape index (κ3) is 6.61. The molecule has 0 aliphatic carbocycles. The van der Waals surface area contributed by atoms with E-state index in [0.29, 0.717) is 39.0 Å². The number of halogens is 2. The molecule has 194 valence electrons. The minimum absolute atomic E-state index is 0.0382. The van der Waals surface area contributed by atoms with E-state index >= 15 is 0 Å². The Labute approximate surface area is 226 Å². The highest BCUT2D eigenvalue weighted by atomic mass is 35.5. The lowest BCUT2D eigenvalue weighted by molar-refractivity contribution is 0.260. The predicted octanol–water partition coefficient (Wildman–Crippen LogP) is 5.57. The van der Waals surface area contributed by atoms with Gasteiger partial charge in [-0.1, -0.05) is 35.3 Å². The van der Waals surface area contributed by atoms with Crippen LogP contribution in [0.4, 0.5) is 5.82 Å². The van der Waals surface area contributed by atoms with Crippen molar-refractivity contribution in [3.05, 3.63) is 82.0 Å². The zero-order valence-electron chi connectivity index (χ0n) is 20.5. The Morgan fingerprint density at radius 1 is 0.946 bits per heavy atom.